The first-order valence-electron chi connectivity index (χ1n) is 12.1. The van der Waals surface area contributed by atoms with Gasteiger partial charge < -0.3 is 25.1 Å². The Morgan fingerprint density at radius 2 is 1.90 bits per heavy atom. The number of imidazole rings is 1. The molecule has 0 spiro atoms. The number of aromatic amines is 1. The number of nitrogens with one attached hydrogen (secondary N) is 3. The monoisotopic (exact) mass is 562 g/mol. The average molecular weight is 563 g/mol. The van der Waals surface area contributed by atoms with Crippen molar-refractivity contribution in [2.75, 3.05) is 24.9 Å². The van der Waals surface area contributed by atoms with Crippen LogP contribution in [0.3, 0.4) is 0 Å². The fraction of sp³-hybridized carbons (Fsp3) is 0.280. The molecule has 41 heavy (non-hydrogen) atoms. The molecule has 3 N–H and O–H groups in total. The van der Waals surface area contributed by atoms with Gasteiger partial charge in [-0.05, 0) is 31.2 Å². The van der Waals surface area contributed by atoms with Crippen LogP contribution in [0.4, 0.5) is 31.8 Å². The van der Waals surface area contributed by atoms with E-state index in [1.165, 1.54) is 25.2 Å². The predicted molar refractivity (Wildman–Crippen MR) is 143 cm³/mol. The van der Waals surface area contributed by atoms with Crippen molar-refractivity contribution in [3.05, 3.63) is 47.7 Å². The summed E-state index contributed by atoms with van der Waals surface area (Å²) in [5.41, 5.74) is 1.22. The maximum Gasteiger partial charge on any atom is 0.295 e. The molecular formula is C25H24F2N12O2. The Kier molecular flexibility index (Phi) is 7.11. The molecule has 0 radical (unpaired) electrons. The molecule has 0 bridgehead atoms. The van der Waals surface area contributed by atoms with Gasteiger partial charge in [0.2, 0.25) is 5.82 Å². The number of benzene rings is 1. The molecule has 0 fully saturated rings. The molecule has 14 nitrogen and oxygen atoms in total. The van der Waals surface area contributed by atoms with E-state index in [-0.39, 0.29) is 28.5 Å². The van der Waals surface area contributed by atoms with Crippen molar-refractivity contribution < 1.29 is 18.3 Å². The summed E-state index contributed by atoms with van der Waals surface area (Å²) in [7, 11) is 4.64. The number of aromatic nitrogens is 9. The third-order valence-electron chi connectivity index (χ3n) is 6.14. The summed E-state index contributed by atoms with van der Waals surface area (Å²) in [6, 6.07) is 8.86. The van der Waals surface area contributed by atoms with Crippen LogP contribution in [-0.4, -0.2) is 59.3 Å². The van der Waals surface area contributed by atoms with E-state index in [9.17, 15) is 14.0 Å². The zero-order valence-corrected chi connectivity index (χ0v) is 22.6. The number of alkyl halides is 2. The molecule has 0 aliphatic carbocycles. The number of ether oxygens (including phenoxy) is 2. The molecule has 4 aromatic heterocycles. The fourth-order valence-electron chi connectivity index (χ4n) is 4.04. The van der Waals surface area contributed by atoms with E-state index >= 15 is 0 Å². The molecule has 4 heterocycles. The zero-order valence-electron chi connectivity index (χ0n) is 22.6. The summed E-state index contributed by atoms with van der Waals surface area (Å²) in [4.78, 5) is 21.0. The number of anilines is 4. The van der Waals surface area contributed by atoms with Crippen molar-refractivity contribution >= 4 is 34.2 Å². The Labute approximate surface area is 231 Å². The Morgan fingerprint density at radius 1 is 1.10 bits per heavy atom. The molecule has 0 aliphatic heterocycles. The number of hydrogen-bond donors (Lipinski definition) is 3. The van der Waals surface area contributed by atoms with E-state index in [2.05, 4.69) is 51.0 Å². The second-order valence-corrected chi connectivity index (χ2v) is 9.19. The van der Waals surface area contributed by atoms with E-state index < -0.39 is 17.9 Å². The third-order valence-corrected chi connectivity index (χ3v) is 6.14. The quantitative estimate of drug-likeness (QED) is 0.234. The summed E-state index contributed by atoms with van der Waals surface area (Å²) < 4.78 is 38.2. The van der Waals surface area contributed by atoms with Gasteiger partial charge in [-0.1, -0.05) is 6.07 Å². The number of hydrogen-bond acceptors (Lipinski definition) is 12. The lowest BCUT2D eigenvalue weighted by Crippen LogP contribution is -2.23. The Morgan fingerprint density at radius 3 is 2.56 bits per heavy atom. The number of aryl methyl sites for hydroxylation is 1. The van der Waals surface area contributed by atoms with Gasteiger partial charge in [0.15, 0.2) is 28.7 Å². The lowest BCUT2D eigenvalue weighted by Gasteiger charge is -2.22. The smallest absolute Gasteiger partial charge is 0.295 e. The highest BCUT2D eigenvalue weighted by Crippen LogP contribution is 2.38. The molecule has 0 aliphatic rings. The first-order valence-corrected chi connectivity index (χ1v) is 12.1. The van der Waals surface area contributed by atoms with Crippen molar-refractivity contribution in [2.45, 2.75) is 25.9 Å². The normalized spacial score (nSPS) is 11.6. The molecule has 0 atom stereocenters. The topological polar surface area (TPSA) is 177 Å². The van der Waals surface area contributed by atoms with Crippen LogP contribution in [0, 0.1) is 11.3 Å². The van der Waals surface area contributed by atoms with Crippen molar-refractivity contribution in [3.8, 4) is 23.2 Å². The number of nitriles is 1. The van der Waals surface area contributed by atoms with Crippen molar-refractivity contribution in [2.24, 2.45) is 7.05 Å². The highest BCUT2D eigenvalue weighted by Gasteiger charge is 2.26. The van der Waals surface area contributed by atoms with Gasteiger partial charge in [0.05, 0.1) is 37.3 Å². The van der Waals surface area contributed by atoms with Crippen LogP contribution in [0.25, 0.3) is 22.6 Å². The first kappa shape index (κ1) is 27.3. The van der Waals surface area contributed by atoms with Gasteiger partial charge in [-0.25, -0.2) is 23.7 Å². The molecule has 16 heteroatoms. The Balaban J connectivity index is 1.57. The Bertz CT molecular complexity index is 1780. The number of rotatable bonds is 9. The third kappa shape index (κ3) is 5.30. The van der Waals surface area contributed by atoms with Gasteiger partial charge in [0, 0.05) is 13.2 Å². The van der Waals surface area contributed by atoms with Crippen molar-refractivity contribution in [1.29, 1.82) is 5.26 Å². The lowest BCUT2D eigenvalue weighted by molar-refractivity contribution is 0.0149. The molecule has 210 valence electrons. The number of tetrazole rings is 1. The van der Waals surface area contributed by atoms with Crippen molar-refractivity contribution in [3.63, 3.8) is 0 Å². The van der Waals surface area contributed by atoms with Crippen molar-refractivity contribution in [1.82, 2.24) is 45.1 Å². The zero-order chi connectivity index (χ0) is 29.3. The molecular weight excluding hydrogens is 538 g/mol. The summed E-state index contributed by atoms with van der Waals surface area (Å²) in [5.74, 6) is 0.593. The highest BCUT2D eigenvalue weighted by molar-refractivity contribution is 5.92. The maximum absolute atomic E-state index is 13.6. The second-order valence-electron chi connectivity index (χ2n) is 9.19. The molecule has 0 saturated carbocycles. The van der Waals surface area contributed by atoms with Gasteiger partial charge in [-0.15, -0.1) is 10.2 Å². The van der Waals surface area contributed by atoms with Crippen LogP contribution in [0.15, 0.2) is 30.5 Å². The van der Waals surface area contributed by atoms with Crippen LogP contribution in [-0.2, 0) is 17.4 Å². The lowest BCUT2D eigenvalue weighted by atomic mass is 10.0. The summed E-state index contributed by atoms with van der Waals surface area (Å²) in [6.07, 6.45) is -1.43. The second kappa shape index (κ2) is 10.7. The number of nitrogens with zero attached hydrogens (tertiary/aromatic N) is 9. The van der Waals surface area contributed by atoms with Gasteiger partial charge in [0.25, 0.3) is 6.43 Å². The summed E-state index contributed by atoms with van der Waals surface area (Å²) >= 11 is 0. The van der Waals surface area contributed by atoms with Gasteiger partial charge >= 0.3 is 0 Å². The summed E-state index contributed by atoms with van der Waals surface area (Å²) in [5, 5.41) is 28.0. The number of H-pyrrole nitrogens is 1. The average Bonchev–Trinajstić information content (AvgIpc) is 3.59. The molecule has 0 amide bonds. The maximum atomic E-state index is 13.6. The fourth-order valence-corrected chi connectivity index (χ4v) is 4.04. The van der Waals surface area contributed by atoms with Crippen LogP contribution in [0.1, 0.15) is 37.5 Å². The van der Waals surface area contributed by atoms with Crippen LogP contribution in [0.2, 0.25) is 0 Å². The predicted octanol–water partition coefficient (Wildman–Crippen LogP) is 4.12. The largest absolute Gasteiger partial charge is 0.494 e. The minimum Gasteiger partial charge on any atom is -0.494 e. The van der Waals surface area contributed by atoms with E-state index in [0.29, 0.717) is 34.2 Å². The van der Waals surface area contributed by atoms with E-state index in [0.717, 1.165) is 0 Å². The minimum absolute atomic E-state index is 0.0177. The highest BCUT2D eigenvalue weighted by atomic mass is 19.3. The molecule has 0 saturated heterocycles. The molecule has 5 rings (SSSR count). The van der Waals surface area contributed by atoms with E-state index in [1.807, 2.05) is 6.07 Å². The SMILES string of the molecule is COc1c(Nc2cc(Nc3cnc(C(C)(C)OC)c(C#N)n3)nc3nc(C(F)F)[nH]c23)cccc1-c1nnn(C)n1. The van der Waals surface area contributed by atoms with Crippen LogP contribution < -0.4 is 15.4 Å². The standard InChI is InChI=1S/C25H24F2N12O2/c1-25(2,41-5)20-15(10-28)31-17(11-29-20)32-16-9-14(18-23(33-16)35-24(34-18)21(26)27)30-13-8-6-7-12(19(13)40-4)22-36-38-39(3)37-22/h6-9,11,21H,1-5H3,(H3,30,31,32,33,34,35). The van der Waals surface area contributed by atoms with Gasteiger partial charge in [-0.3, -0.25) is 4.98 Å². The number of para-hydroxylation sites is 1. The number of fused-ring (bicyclic) bond motifs is 1. The first-order chi connectivity index (χ1) is 19.6. The number of pyridine rings is 1. The van der Waals surface area contributed by atoms with Crippen LogP contribution >= 0.6 is 0 Å². The van der Waals surface area contributed by atoms with Gasteiger partial charge in [-0.2, -0.15) is 10.1 Å². The number of halogens is 2. The molecule has 1 aromatic carbocycles. The van der Waals surface area contributed by atoms with Crippen LogP contribution in [0.5, 0.6) is 5.75 Å². The molecule has 0 unspecified atom stereocenters. The van der Waals surface area contributed by atoms with E-state index in [1.54, 1.807) is 45.2 Å². The van der Waals surface area contributed by atoms with E-state index in [4.69, 9.17) is 9.47 Å². The minimum atomic E-state index is -2.85. The number of methoxy groups -OCH3 is 2. The van der Waals surface area contributed by atoms with Gasteiger partial charge in [0.1, 0.15) is 28.7 Å². The summed E-state index contributed by atoms with van der Waals surface area (Å²) in [6.45, 7) is 3.53. The Hall–Kier alpha value is -5.30. The molecule has 5 aromatic rings.